The molecule has 0 radical (unpaired) electrons. The zero-order valence-corrected chi connectivity index (χ0v) is 14.3. The fourth-order valence-electron chi connectivity index (χ4n) is 2.62. The van der Waals surface area contributed by atoms with Crippen molar-refractivity contribution in [1.82, 2.24) is 5.32 Å². The number of amides is 2. The standard InChI is InChI=1S/C19H17NO4S/c21-16(14-4-2-1-3-5-14)12-24-15-9-6-13(7-10-15)8-11-17-18(22)20-19(23)25-17/h2,4-7,9,15,17H,8,10-12H2,(H,20,22,23)/t15?,17-/m0/s1. The average Bonchev–Trinajstić information content (AvgIpc) is 2.97. The Bertz CT molecular complexity index is 726. The number of ketones is 1. The smallest absolute Gasteiger partial charge is 0.286 e. The van der Waals surface area contributed by atoms with Gasteiger partial charge in [-0.25, -0.2) is 0 Å². The first-order valence-electron chi connectivity index (χ1n) is 8.03. The van der Waals surface area contributed by atoms with Gasteiger partial charge in [0.1, 0.15) is 6.61 Å². The number of rotatable bonds is 7. The van der Waals surface area contributed by atoms with Crippen molar-refractivity contribution >= 4 is 28.7 Å². The van der Waals surface area contributed by atoms with E-state index in [0.717, 1.165) is 23.8 Å². The molecule has 6 heteroatoms. The van der Waals surface area contributed by atoms with E-state index < -0.39 is 0 Å². The predicted octanol–water partition coefficient (Wildman–Crippen LogP) is 2.87. The van der Waals surface area contributed by atoms with Gasteiger partial charge in [0.2, 0.25) is 5.91 Å². The van der Waals surface area contributed by atoms with Crippen LogP contribution < -0.4 is 5.32 Å². The second-order valence-electron chi connectivity index (χ2n) is 5.79. The van der Waals surface area contributed by atoms with Crippen LogP contribution in [0.15, 0.2) is 42.0 Å². The van der Waals surface area contributed by atoms with Crippen LogP contribution >= 0.6 is 11.8 Å². The second kappa shape index (κ2) is 8.15. The first kappa shape index (κ1) is 17.5. The summed E-state index contributed by atoms with van der Waals surface area (Å²) in [6, 6.07) is 10.5. The van der Waals surface area contributed by atoms with Crippen LogP contribution in [0.25, 0.3) is 0 Å². The normalized spacial score (nSPS) is 22.3. The molecule has 1 heterocycles. The van der Waals surface area contributed by atoms with Crippen LogP contribution in [0.5, 0.6) is 0 Å². The molecule has 1 unspecified atom stereocenters. The zero-order chi connectivity index (χ0) is 17.6. The van der Waals surface area contributed by atoms with E-state index in [0.29, 0.717) is 18.4 Å². The Morgan fingerprint density at radius 1 is 1.36 bits per heavy atom. The van der Waals surface area contributed by atoms with Crippen LogP contribution in [0.1, 0.15) is 29.6 Å². The number of imide groups is 1. The average molecular weight is 355 g/mol. The Morgan fingerprint density at radius 2 is 2.24 bits per heavy atom. The lowest BCUT2D eigenvalue weighted by atomic mass is 10.00. The van der Waals surface area contributed by atoms with E-state index in [1.54, 1.807) is 18.2 Å². The minimum absolute atomic E-state index is 0.0248. The first-order chi connectivity index (χ1) is 12.1. The van der Waals surface area contributed by atoms with Gasteiger partial charge in [-0.2, -0.15) is 0 Å². The van der Waals surface area contributed by atoms with Crippen LogP contribution in [0.4, 0.5) is 4.79 Å². The van der Waals surface area contributed by atoms with Gasteiger partial charge < -0.3 is 4.74 Å². The summed E-state index contributed by atoms with van der Waals surface area (Å²) in [6.07, 6.45) is 7.87. The third kappa shape index (κ3) is 4.81. The molecule has 2 amide bonds. The predicted molar refractivity (Wildman–Crippen MR) is 94.2 cm³/mol. The van der Waals surface area contributed by atoms with Crippen LogP contribution in [0, 0.1) is 12.1 Å². The maximum atomic E-state index is 12.0. The minimum atomic E-state index is -0.298. The van der Waals surface area contributed by atoms with Crippen LogP contribution in [0.3, 0.4) is 0 Å². The molecule has 25 heavy (non-hydrogen) atoms. The zero-order valence-electron chi connectivity index (χ0n) is 13.5. The molecule has 0 bridgehead atoms. The number of thioether (sulfide) groups is 1. The molecule has 1 aliphatic heterocycles. The highest BCUT2D eigenvalue weighted by atomic mass is 32.2. The van der Waals surface area contributed by atoms with Crippen molar-refractivity contribution in [1.29, 1.82) is 0 Å². The molecule has 0 spiro atoms. The molecule has 3 rings (SSSR count). The lowest BCUT2D eigenvalue weighted by Crippen LogP contribution is -2.24. The largest absolute Gasteiger partial charge is 0.366 e. The third-order valence-corrected chi connectivity index (χ3v) is 5.06. The Labute approximate surface area is 150 Å². The van der Waals surface area contributed by atoms with E-state index in [4.69, 9.17) is 4.74 Å². The molecule has 2 atom stereocenters. The van der Waals surface area contributed by atoms with Crippen molar-refractivity contribution in [3.8, 4) is 0 Å². The summed E-state index contributed by atoms with van der Waals surface area (Å²) in [4.78, 5) is 34.7. The number of carbonyl (C=O) groups is 3. The monoisotopic (exact) mass is 355 g/mol. The van der Waals surface area contributed by atoms with E-state index >= 15 is 0 Å². The number of hydrogen-bond donors (Lipinski definition) is 1. The Kier molecular flexibility index (Phi) is 5.69. The summed E-state index contributed by atoms with van der Waals surface area (Å²) >= 11 is 1.05. The quantitative estimate of drug-likeness (QED) is 0.762. The molecule has 0 saturated carbocycles. The first-order valence-corrected chi connectivity index (χ1v) is 8.91. The fraction of sp³-hybridized carbons (Fsp3) is 0.316. The molecule has 1 N–H and O–H groups in total. The van der Waals surface area contributed by atoms with Gasteiger partial charge in [0.05, 0.1) is 11.4 Å². The number of carbonyl (C=O) groups excluding carboxylic acids is 3. The fourth-order valence-corrected chi connectivity index (χ4v) is 3.44. The molecule has 1 saturated heterocycles. The van der Waals surface area contributed by atoms with Gasteiger partial charge in [0.15, 0.2) is 5.78 Å². The van der Waals surface area contributed by atoms with E-state index in [-0.39, 0.29) is 34.9 Å². The summed E-state index contributed by atoms with van der Waals surface area (Å²) in [5, 5.41) is 1.73. The summed E-state index contributed by atoms with van der Waals surface area (Å²) in [5.41, 5.74) is 1.68. The highest BCUT2D eigenvalue weighted by Gasteiger charge is 2.31. The minimum Gasteiger partial charge on any atom is -0.366 e. The van der Waals surface area contributed by atoms with Gasteiger partial charge in [-0.05, 0) is 37.5 Å². The molecule has 1 aromatic carbocycles. The van der Waals surface area contributed by atoms with Crippen molar-refractivity contribution in [2.45, 2.75) is 30.6 Å². The van der Waals surface area contributed by atoms with E-state index in [1.807, 2.05) is 12.2 Å². The molecule has 1 aliphatic carbocycles. The topological polar surface area (TPSA) is 72.5 Å². The lowest BCUT2D eigenvalue weighted by molar-refractivity contribution is -0.119. The van der Waals surface area contributed by atoms with Gasteiger partial charge >= 0.3 is 0 Å². The van der Waals surface area contributed by atoms with Gasteiger partial charge in [-0.15, -0.1) is 0 Å². The van der Waals surface area contributed by atoms with Crippen molar-refractivity contribution in [2.24, 2.45) is 0 Å². The van der Waals surface area contributed by atoms with Crippen molar-refractivity contribution in [3.63, 3.8) is 0 Å². The summed E-state index contributed by atoms with van der Waals surface area (Å²) < 4.78 is 5.64. The molecular formula is C19H17NO4S. The summed E-state index contributed by atoms with van der Waals surface area (Å²) in [5.74, 6) is -0.284. The van der Waals surface area contributed by atoms with E-state index in [9.17, 15) is 14.4 Å². The number of ether oxygens (including phenoxy) is 1. The van der Waals surface area contributed by atoms with Crippen molar-refractivity contribution < 1.29 is 19.1 Å². The number of nitrogens with one attached hydrogen (secondary N) is 1. The molecular weight excluding hydrogens is 338 g/mol. The second-order valence-corrected chi connectivity index (χ2v) is 6.97. The molecule has 128 valence electrons. The van der Waals surface area contributed by atoms with Crippen molar-refractivity contribution in [2.75, 3.05) is 6.61 Å². The Hall–Kier alpha value is -2.36. The number of Topliss-reactive ketones (excluding diaryl/α,β-unsaturated/α-hetero) is 1. The van der Waals surface area contributed by atoms with Crippen LogP contribution in [0.2, 0.25) is 0 Å². The molecule has 2 aliphatic rings. The molecule has 1 aromatic rings. The maximum Gasteiger partial charge on any atom is 0.286 e. The highest BCUT2D eigenvalue weighted by Crippen LogP contribution is 2.26. The third-order valence-electron chi connectivity index (χ3n) is 4.01. The molecule has 0 aromatic heterocycles. The summed E-state index contributed by atoms with van der Waals surface area (Å²) in [7, 11) is 0. The van der Waals surface area contributed by atoms with E-state index in [2.05, 4.69) is 23.5 Å². The van der Waals surface area contributed by atoms with Crippen LogP contribution in [-0.2, 0) is 9.53 Å². The van der Waals surface area contributed by atoms with Gasteiger partial charge in [0, 0.05) is 5.56 Å². The summed E-state index contributed by atoms with van der Waals surface area (Å²) in [6.45, 7) is 0.0248. The Balaban J connectivity index is 1.41. The van der Waals surface area contributed by atoms with Gasteiger partial charge in [0.25, 0.3) is 5.24 Å². The number of hydrogen-bond acceptors (Lipinski definition) is 5. The highest BCUT2D eigenvalue weighted by molar-refractivity contribution is 8.15. The van der Waals surface area contributed by atoms with Crippen LogP contribution in [-0.4, -0.2) is 34.9 Å². The SMILES string of the molecule is O=C1NC(=O)[C@H](CCC2=CCC(OCC(=O)c3cc#ccc3)C=C2)S1. The molecule has 1 fully saturated rings. The molecule has 5 nitrogen and oxygen atoms in total. The Morgan fingerprint density at radius 3 is 2.88 bits per heavy atom. The van der Waals surface area contributed by atoms with E-state index in [1.165, 1.54) is 0 Å². The van der Waals surface area contributed by atoms with Gasteiger partial charge in [-0.3, -0.25) is 19.7 Å². The van der Waals surface area contributed by atoms with Crippen molar-refractivity contribution in [3.05, 3.63) is 59.7 Å². The lowest BCUT2D eigenvalue weighted by Gasteiger charge is -2.17. The number of allylic oxidation sites excluding steroid dienone is 2. The van der Waals surface area contributed by atoms with Gasteiger partial charge in [-0.1, -0.05) is 47.7 Å². The maximum absolute atomic E-state index is 12.0.